The molecule has 54 heavy (non-hydrogen) atoms. The zero-order chi connectivity index (χ0) is 44.9. The van der Waals surface area contributed by atoms with Gasteiger partial charge in [0.25, 0.3) is 0 Å². The van der Waals surface area contributed by atoms with Crippen molar-refractivity contribution in [1.82, 2.24) is 24.6 Å². The van der Waals surface area contributed by atoms with Gasteiger partial charge in [0.15, 0.2) is 0 Å². The molecule has 0 unspecified atom stereocenters. The molecule has 23 nitrogen and oxygen atoms in total. The molecule has 0 amide bonds. The third-order valence-corrected chi connectivity index (χ3v) is 3.11. The number of hydrogen-bond acceptors (Lipinski definition) is 10. The summed E-state index contributed by atoms with van der Waals surface area (Å²) in [5.74, 6) is 0. The summed E-state index contributed by atoms with van der Waals surface area (Å²) in [6, 6.07) is 4.40. The lowest BCUT2D eigenvalue weighted by Gasteiger charge is -2.19. The van der Waals surface area contributed by atoms with Crippen LogP contribution in [0.1, 0.15) is 5.69 Å². The zero-order valence-corrected chi connectivity index (χ0v) is 32.2. The average molecular weight is 939 g/mol. The van der Waals surface area contributed by atoms with Crippen molar-refractivity contribution in [1.29, 1.82) is 0 Å². The van der Waals surface area contributed by atoms with Crippen LogP contribution < -0.4 is 0 Å². The van der Waals surface area contributed by atoms with Crippen molar-refractivity contribution < 1.29 is 124 Å². The quantitative estimate of drug-likeness (QED) is 0.151. The van der Waals surface area contributed by atoms with E-state index in [-0.39, 0.29) is 5.69 Å². The molecule has 0 radical (unpaired) electrons. The van der Waals surface area contributed by atoms with Crippen LogP contribution in [0.15, 0.2) is 36.8 Å². The van der Waals surface area contributed by atoms with Crippen LogP contribution in [0.5, 0.6) is 0 Å². The fourth-order valence-electron chi connectivity index (χ4n) is 2.24. The molecule has 0 atom stereocenters. The highest BCUT2D eigenvalue weighted by Gasteiger charge is 2.37. The second kappa shape index (κ2) is 26.1. The molecule has 0 aromatic carbocycles. The number of halogens is 9. The summed E-state index contributed by atoms with van der Waals surface area (Å²) in [5, 5.41) is 4.19. The maximum atomic E-state index is 13.5. The van der Waals surface area contributed by atoms with Gasteiger partial charge in [0, 0.05) is 44.8 Å². The van der Waals surface area contributed by atoms with Crippen molar-refractivity contribution >= 4 is 53.1 Å². The lowest BCUT2D eigenvalue weighted by atomic mass is 10.2. The van der Waals surface area contributed by atoms with Gasteiger partial charge in [-0.25, -0.2) is 32.1 Å². The van der Waals surface area contributed by atoms with Gasteiger partial charge in [0.1, 0.15) is 5.69 Å². The zero-order valence-electron chi connectivity index (χ0n) is 26.8. The van der Waals surface area contributed by atoms with E-state index >= 15 is 0 Å². The molecule has 322 valence electrons. The third-order valence-electron chi connectivity index (χ3n) is 3.11. The Morgan fingerprint density at radius 1 is 0.685 bits per heavy atom. The molecule has 0 spiro atoms. The van der Waals surface area contributed by atoms with Gasteiger partial charge in [-0.3, -0.25) is 63.7 Å². The average Bonchev–Trinajstić information content (AvgIpc) is 3.23. The van der Waals surface area contributed by atoms with Crippen molar-refractivity contribution in [2.75, 3.05) is 34.7 Å². The molecule has 0 aliphatic carbocycles. The molecule has 0 aliphatic rings. The van der Waals surface area contributed by atoms with Crippen LogP contribution in [0.4, 0.5) is 38.4 Å². The van der Waals surface area contributed by atoms with Crippen molar-refractivity contribution in [2.45, 2.75) is 6.18 Å². The van der Waals surface area contributed by atoms with Crippen LogP contribution in [0.25, 0.3) is 17.0 Å². The molecule has 2 aromatic rings. The highest BCUT2D eigenvalue weighted by molar-refractivity contribution is 7.46. The van der Waals surface area contributed by atoms with Crippen LogP contribution >= 0.6 is 47.4 Å². The molecule has 0 aliphatic heterocycles. The Morgan fingerprint density at radius 3 is 1.22 bits per heavy atom. The first-order valence-electron chi connectivity index (χ1n) is 11.8. The van der Waals surface area contributed by atoms with Crippen LogP contribution in [-0.4, -0.2) is 118 Å². The van der Waals surface area contributed by atoms with Gasteiger partial charge in [-0.2, -0.15) is 18.3 Å². The van der Waals surface area contributed by atoms with E-state index in [1.54, 1.807) is 62.5 Å². The van der Waals surface area contributed by atoms with Gasteiger partial charge in [-0.05, 0) is 32.3 Å². The van der Waals surface area contributed by atoms with E-state index in [1.165, 1.54) is 6.20 Å². The first-order valence-corrected chi connectivity index (χ1v) is 20.8. The van der Waals surface area contributed by atoms with Crippen LogP contribution in [0.3, 0.4) is 0 Å². The summed E-state index contributed by atoms with van der Waals surface area (Å²) in [7, 11) is -23.7. The van der Waals surface area contributed by atoms with E-state index < -0.39 is 59.3 Å². The van der Waals surface area contributed by atoms with Crippen LogP contribution in [-0.2, 0) is 33.6 Å². The second-order valence-corrected chi connectivity index (χ2v) is 14.4. The molecule has 2 aromatic heterocycles. The van der Waals surface area contributed by atoms with Crippen molar-refractivity contribution in [3.8, 4) is 11.3 Å². The Kier molecular flexibility index (Phi) is 29.7. The first-order chi connectivity index (χ1) is 23.2. The van der Waals surface area contributed by atoms with Gasteiger partial charge in [0.05, 0.1) is 11.4 Å². The lowest BCUT2D eigenvalue weighted by molar-refractivity contribution is -0.142. The third kappa shape index (κ3) is 75.1. The number of rotatable bonds is 5. The Labute approximate surface area is 297 Å². The van der Waals surface area contributed by atoms with E-state index in [0.29, 0.717) is 17.8 Å². The molecule has 0 fully saturated rings. The Hall–Kier alpha value is -1.87. The minimum atomic E-state index is -5.14. The van der Waals surface area contributed by atoms with Gasteiger partial charge in [0.2, 0.25) is 0 Å². The fourth-order valence-corrected chi connectivity index (χ4v) is 2.24. The van der Waals surface area contributed by atoms with E-state index in [1.807, 2.05) is 0 Å². The molecule has 38 heteroatoms. The highest BCUT2D eigenvalue weighted by atomic mass is 31.2. The maximum absolute atomic E-state index is 13.5. The monoisotopic (exact) mass is 939 g/mol. The minimum Gasteiger partial charge on any atom is -0.382 e. The Morgan fingerprint density at radius 2 is 1.00 bits per heavy atom. The summed E-state index contributed by atoms with van der Waals surface area (Å²) < 4.78 is 155. The first kappa shape index (κ1) is 61.4. The predicted octanol–water partition coefficient (Wildman–Crippen LogP) is 3.18. The number of hydrogen-bond donors (Lipinski definition) is 12. The van der Waals surface area contributed by atoms with Crippen molar-refractivity contribution in [3.63, 3.8) is 0 Å². The smallest absolute Gasteiger partial charge is 0.382 e. The lowest BCUT2D eigenvalue weighted by Crippen LogP contribution is -2.23. The van der Waals surface area contributed by atoms with Crippen LogP contribution in [0.2, 0.25) is 0 Å². The molecular weight excluding hydrogens is 907 g/mol. The summed E-state index contributed by atoms with van der Waals surface area (Å²) >= 11 is 0. The number of aromatic nitrogens is 3. The van der Waals surface area contributed by atoms with Gasteiger partial charge < -0.3 is 9.80 Å². The molecule has 0 bridgehead atoms. The summed E-state index contributed by atoms with van der Waals surface area (Å²) in [6.45, 7) is 0.315. The highest BCUT2D eigenvalue weighted by Crippen LogP contribution is 2.37. The molecule has 2 heterocycles. The number of likely N-dealkylation sites (N-methyl/N-ethyl adjacent to an activating group) is 1. The molecular formula is C16H32F9N5O18P6. The second-order valence-electron chi connectivity index (χ2n) is 8.73. The molecule has 2 rings (SSSR count). The Balaban J connectivity index is -0.000000216. The number of pyridine rings is 1. The Bertz CT molecular complexity index is 1460. The van der Waals surface area contributed by atoms with Gasteiger partial charge in [-0.1, -0.05) is 0 Å². The number of nitrogens with zero attached hydrogens (tertiary/aromatic N) is 5. The largest absolute Gasteiger partial charge is 0.507 e. The minimum absolute atomic E-state index is 0.235. The van der Waals surface area contributed by atoms with Gasteiger partial charge in [-0.15, -0.1) is 25.2 Å². The maximum Gasteiger partial charge on any atom is 0.507 e. The number of alkyl halides is 3. The van der Waals surface area contributed by atoms with E-state index in [4.69, 9.17) is 86.1 Å². The summed E-state index contributed by atoms with van der Waals surface area (Å²) in [5.41, 5.74) is 0.387. The normalized spacial score (nSPS) is 12.2. The molecule has 0 saturated carbocycles. The fraction of sp³-hybridized carbons (Fsp3) is 0.375. The summed E-state index contributed by atoms with van der Waals surface area (Å²) in [4.78, 5) is 91.0. The standard InChI is InChI=1S/C16H20F3N5.6FH2O3P/c1-22(2)10-13(11-23(3)4)24-15(16(17,18)19)8-14(21-24)12-6-5-7-20-9-12;6*1-5(2,3)4/h5-10H,11H2,1-4H3;6*(H2,2,3,4)/b13-10-;;;;;;. The van der Waals surface area contributed by atoms with Crippen molar-refractivity contribution in [3.05, 3.63) is 42.5 Å². The van der Waals surface area contributed by atoms with Crippen molar-refractivity contribution in [2.24, 2.45) is 0 Å². The topological polar surface area (TPSA) is 382 Å². The van der Waals surface area contributed by atoms with E-state index in [9.17, 15) is 38.4 Å². The SMILES string of the molecule is CN(C)/C=C(/CN(C)C)n1nc(-c2cccnc2)cc1C(F)(F)F.O=P(O)(O)F.O=P(O)(O)F.O=P(O)(O)F.O=P(O)(O)F.O=P(O)(O)F.O=P(O)(O)F. The van der Waals surface area contributed by atoms with E-state index in [0.717, 1.165) is 10.7 Å². The van der Waals surface area contributed by atoms with Crippen LogP contribution in [0, 0.1) is 0 Å². The predicted molar refractivity (Wildman–Crippen MR) is 166 cm³/mol. The van der Waals surface area contributed by atoms with E-state index in [2.05, 4.69) is 10.1 Å². The molecule has 0 saturated heterocycles. The van der Waals surface area contributed by atoms with Gasteiger partial charge >= 0.3 is 53.6 Å². The molecule has 12 N–H and O–H groups in total. The summed E-state index contributed by atoms with van der Waals surface area (Å²) in [6.07, 6.45) is 0.184.